The molecule has 1 aromatic carbocycles. The van der Waals surface area contributed by atoms with E-state index >= 15 is 0 Å². The van der Waals surface area contributed by atoms with Gasteiger partial charge in [-0.1, -0.05) is 43.2 Å². The highest BCUT2D eigenvalue weighted by molar-refractivity contribution is 5.88. The van der Waals surface area contributed by atoms with Crippen LogP contribution in [0, 0.1) is 5.92 Å². The van der Waals surface area contributed by atoms with Crippen molar-refractivity contribution < 1.29 is 5.11 Å². The minimum atomic E-state index is -0.00648. The van der Waals surface area contributed by atoms with Gasteiger partial charge >= 0.3 is 0 Å². The molecule has 24 heavy (non-hydrogen) atoms. The maximum Gasteiger partial charge on any atom is 0.258 e. The molecule has 0 atom stereocenters. The van der Waals surface area contributed by atoms with Crippen molar-refractivity contribution in [3.63, 3.8) is 0 Å². The summed E-state index contributed by atoms with van der Waals surface area (Å²) in [6.45, 7) is 0.696. The molecule has 4 nitrogen and oxygen atoms in total. The fraction of sp³-hybridized carbons (Fsp3) is 0.300. The van der Waals surface area contributed by atoms with E-state index in [2.05, 4.69) is 4.98 Å². The van der Waals surface area contributed by atoms with E-state index in [1.165, 1.54) is 19.0 Å². The molecular formula is C20H20N2O2. The lowest BCUT2D eigenvalue weighted by molar-refractivity contribution is 0.456. The van der Waals surface area contributed by atoms with Crippen molar-refractivity contribution in [2.24, 2.45) is 5.92 Å². The minimum absolute atomic E-state index is 0.00648. The molecule has 122 valence electrons. The normalized spacial score (nSPS) is 15.2. The Balaban J connectivity index is 1.95. The summed E-state index contributed by atoms with van der Waals surface area (Å²) in [6.07, 6.45) is 7.91. The summed E-state index contributed by atoms with van der Waals surface area (Å²) in [4.78, 5) is 17.2. The maximum absolute atomic E-state index is 13.1. The van der Waals surface area contributed by atoms with Gasteiger partial charge in [0.2, 0.25) is 0 Å². The van der Waals surface area contributed by atoms with Crippen molar-refractivity contribution in [1.29, 1.82) is 0 Å². The Morgan fingerprint density at radius 3 is 2.62 bits per heavy atom. The minimum Gasteiger partial charge on any atom is -0.506 e. The smallest absolute Gasteiger partial charge is 0.258 e. The Bertz CT molecular complexity index is 926. The van der Waals surface area contributed by atoms with Gasteiger partial charge in [-0.2, -0.15) is 0 Å². The van der Waals surface area contributed by atoms with Crippen LogP contribution in [0.1, 0.15) is 25.7 Å². The first-order valence-corrected chi connectivity index (χ1v) is 8.50. The second-order valence-corrected chi connectivity index (χ2v) is 6.58. The van der Waals surface area contributed by atoms with E-state index < -0.39 is 0 Å². The maximum atomic E-state index is 13.1. The zero-order valence-electron chi connectivity index (χ0n) is 13.5. The molecule has 0 unspecified atom stereocenters. The van der Waals surface area contributed by atoms with Gasteiger partial charge in [-0.05, 0) is 30.4 Å². The van der Waals surface area contributed by atoms with Crippen molar-refractivity contribution in [1.82, 2.24) is 9.55 Å². The molecular weight excluding hydrogens is 300 g/mol. The largest absolute Gasteiger partial charge is 0.506 e. The van der Waals surface area contributed by atoms with Crippen molar-refractivity contribution in [3.8, 4) is 16.9 Å². The fourth-order valence-corrected chi connectivity index (χ4v) is 3.73. The Kier molecular flexibility index (Phi) is 3.81. The first-order valence-electron chi connectivity index (χ1n) is 8.50. The van der Waals surface area contributed by atoms with Crippen molar-refractivity contribution in [2.75, 3.05) is 0 Å². The third kappa shape index (κ3) is 2.58. The van der Waals surface area contributed by atoms with Gasteiger partial charge in [-0.3, -0.25) is 9.78 Å². The number of benzene rings is 1. The molecule has 4 rings (SSSR count). The summed E-state index contributed by atoms with van der Waals surface area (Å²) in [7, 11) is 0. The van der Waals surface area contributed by atoms with Crippen LogP contribution in [0.2, 0.25) is 0 Å². The van der Waals surface area contributed by atoms with Crippen molar-refractivity contribution in [2.45, 2.75) is 32.2 Å². The third-order valence-corrected chi connectivity index (χ3v) is 5.00. The van der Waals surface area contributed by atoms with E-state index in [1.807, 2.05) is 30.3 Å². The first-order chi connectivity index (χ1) is 11.7. The molecule has 0 amide bonds. The monoisotopic (exact) mass is 320 g/mol. The Morgan fingerprint density at radius 1 is 1.12 bits per heavy atom. The van der Waals surface area contributed by atoms with Crippen LogP contribution in [-0.4, -0.2) is 14.7 Å². The number of hydrogen-bond acceptors (Lipinski definition) is 3. The van der Waals surface area contributed by atoms with Gasteiger partial charge in [0.05, 0.1) is 17.9 Å². The van der Waals surface area contributed by atoms with Gasteiger partial charge < -0.3 is 9.67 Å². The number of pyridine rings is 2. The molecule has 0 radical (unpaired) electrons. The standard InChI is InChI=1S/C20H20N2O2/c23-19-12-21-11-18-17(19)10-16(15-8-2-1-3-9-15)20(24)22(18)13-14-6-4-5-7-14/h1-3,8-12,14,23H,4-7,13H2. The lowest BCUT2D eigenvalue weighted by Crippen LogP contribution is -2.25. The Morgan fingerprint density at radius 2 is 1.88 bits per heavy atom. The first kappa shape index (κ1) is 14.9. The lowest BCUT2D eigenvalue weighted by atomic mass is 10.0. The van der Waals surface area contributed by atoms with Gasteiger partial charge in [0, 0.05) is 17.5 Å². The molecule has 2 aromatic heterocycles. The van der Waals surface area contributed by atoms with Crippen LogP contribution >= 0.6 is 0 Å². The van der Waals surface area contributed by atoms with Gasteiger partial charge in [-0.15, -0.1) is 0 Å². The summed E-state index contributed by atoms with van der Waals surface area (Å²) in [6, 6.07) is 11.4. The van der Waals surface area contributed by atoms with E-state index in [1.54, 1.807) is 16.8 Å². The van der Waals surface area contributed by atoms with E-state index in [9.17, 15) is 9.90 Å². The Labute approximate surface area is 140 Å². The molecule has 3 aromatic rings. The third-order valence-electron chi connectivity index (χ3n) is 5.00. The molecule has 1 N–H and O–H groups in total. The Hall–Kier alpha value is -2.62. The number of rotatable bonds is 3. The summed E-state index contributed by atoms with van der Waals surface area (Å²) < 4.78 is 1.81. The second kappa shape index (κ2) is 6.11. The topological polar surface area (TPSA) is 55.1 Å². The number of aromatic nitrogens is 2. The highest BCUT2D eigenvalue weighted by atomic mass is 16.3. The summed E-state index contributed by atoms with van der Waals surface area (Å²) in [5.74, 6) is 0.643. The SMILES string of the molecule is O=c1c(-c2ccccc2)cc2c(O)cncc2n1CC1CCCC1. The van der Waals surface area contributed by atoms with Crippen LogP contribution in [0.15, 0.2) is 53.6 Å². The van der Waals surface area contributed by atoms with Crippen molar-refractivity contribution in [3.05, 3.63) is 59.1 Å². The van der Waals surface area contributed by atoms with Crippen LogP contribution in [-0.2, 0) is 6.54 Å². The highest BCUT2D eigenvalue weighted by Gasteiger charge is 2.19. The number of hydrogen-bond donors (Lipinski definition) is 1. The quantitative estimate of drug-likeness (QED) is 0.795. The zero-order chi connectivity index (χ0) is 16.5. The van der Waals surface area contributed by atoms with Crippen molar-refractivity contribution >= 4 is 10.9 Å². The number of aromatic hydroxyl groups is 1. The van der Waals surface area contributed by atoms with Crippen LogP contribution in [0.5, 0.6) is 5.75 Å². The lowest BCUT2D eigenvalue weighted by Gasteiger charge is -2.17. The molecule has 1 saturated carbocycles. The predicted octanol–water partition coefficient (Wildman–Crippen LogP) is 3.96. The molecule has 0 bridgehead atoms. The zero-order valence-corrected chi connectivity index (χ0v) is 13.5. The van der Waals surface area contributed by atoms with Crippen LogP contribution < -0.4 is 5.56 Å². The van der Waals surface area contributed by atoms with Gasteiger partial charge in [0.15, 0.2) is 0 Å². The van der Waals surface area contributed by atoms with Gasteiger partial charge in [0.25, 0.3) is 5.56 Å². The highest BCUT2D eigenvalue weighted by Crippen LogP contribution is 2.30. The predicted molar refractivity (Wildman–Crippen MR) is 95.1 cm³/mol. The number of fused-ring (bicyclic) bond motifs is 1. The number of nitrogens with zero attached hydrogens (tertiary/aromatic N) is 2. The van der Waals surface area contributed by atoms with Crippen LogP contribution in [0.4, 0.5) is 0 Å². The van der Waals surface area contributed by atoms with E-state index in [0.717, 1.165) is 18.4 Å². The fourth-order valence-electron chi connectivity index (χ4n) is 3.73. The molecule has 4 heteroatoms. The molecule has 0 saturated heterocycles. The summed E-state index contributed by atoms with van der Waals surface area (Å²) in [5.41, 5.74) is 2.21. The molecule has 1 fully saturated rings. The average Bonchev–Trinajstić information content (AvgIpc) is 3.11. The van der Waals surface area contributed by atoms with E-state index in [4.69, 9.17) is 0 Å². The van der Waals surface area contributed by atoms with Gasteiger partial charge in [0.1, 0.15) is 5.75 Å². The van der Waals surface area contributed by atoms with E-state index in [-0.39, 0.29) is 11.3 Å². The average molecular weight is 320 g/mol. The molecule has 1 aliphatic rings. The summed E-state index contributed by atoms with van der Waals surface area (Å²) in [5, 5.41) is 10.9. The molecule has 0 spiro atoms. The van der Waals surface area contributed by atoms with E-state index in [0.29, 0.717) is 28.9 Å². The summed E-state index contributed by atoms with van der Waals surface area (Å²) >= 11 is 0. The van der Waals surface area contributed by atoms with Gasteiger partial charge in [-0.25, -0.2) is 0 Å². The molecule has 1 aliphatic carbocycles. The van der Waals surface area contributed by atoms with Crippen LogP contribution in [0.25, 0.3) is 22.0 Å². The second-order valence-electron chi connectivity index (χ2n) is 6.58. The molecule has 2 heterocycles. The van der Waals surface area contributed by atoms with Crippen LogP contribution in [0.3, 0.4) is 0 Å². The molecule has 0 aliphatic heterocycles.